The molecule has 132 valence electrons. The van der Waals surface area contributed by atoms with Crippen LogP contribution in [0, 0.1) is 0 Å². The van der Waals surface area contributed by atoms with Crippen molar-refractivity contribution < 1.29 is 17.9 Å². The van der Waals surface area contributed by atoms with Crippen LogP contribution in [0.25, 0.3) is 0 Å². The van der Waals surface area contributed by atoms with Gasteiger partial charge in [0.2, 0.25) is 5.91 Å². The molecule has 0 spiro atoms. The highest BCUT2D eigenvalue weighted by Gasteiger charge is 2.25. The average molecular weight is 352 g/mol. The number of benzene rings is 1. The van der Waals surface area contributed by atoms with Gasteiger partial charge in [-0.2, -0.15) is 0 Å². The van der Waals surface area contributed by atoms with Crippen LogP contribution in [0.2, 0.25) is 0 Å². The van der Waals surface area contributed by atoms with E-state index in [1.807, 2.05) is 6.92 Å². The quantitative estimate of drug-likeness (QED) is 0.799. The lowest BCUT2D eigenvalue weighted by atomic mass is 10.3. The Morgan fingerprint density at radius 1 is 1.12 bits per heavy atom. The van der Waals surface area contributed by atoms with Crippen LogP contribution in [0.5, 0.6) is 0 Å². The van der Waals surface area contributed by atoms with Gasteiger partial charge in [-0.15, -0.1) is 0 Å². The fourth-order valence-corrected chi connectivity index (χ4v) is 4.88. The molecule has 0 saturated carbocycles. The van der Waals surface area contributed by atoms with E-state index in [-0.39, 0.29) is 17.7 Å². The van der Waals surface area contributed by atoms with Crippen LogP contribution in [0.3, 0.4) is 0 Å². The minimum atomic E-state index is -3.35. The molecule has 0 N–H and O–H groups in total. The van der Waals surface area contributed by atoms with Crippen molar-refractivity contribution in [2.24, 2.45) is 0 Å². The van der Waals surface area contributed by atoms with E-state index in [0.717, 1.165) is 25.2 Å². The van der Waals surface area contributed by atoms with Gasteiger partial charge in [0.25, 0.3) is 0 Å². The zero-order valence-corrected chi connectivity index (χ0v) is 14.8. The van der Waals surface area contributed by atoms with Gasteiger partial charge < -0.3 is 9.64 Å². The number of carbonyl (C=O) groups excluding carboxylic acids is 1. The highest BCUT2D eigenvalue weighted by molar-refractivity contribution is 7.91. The van der Waals surface area contributed by atoms with E-state index in [4.69, 9.17) is 4.74 Å². The van der Waals surface area contributed by atoms with Gasteiger partial charge in [0.05, 0.1) is 23.9 Å². The van der Waals surface area contributed by atoms with Gasteiger partial charge >= 0.3 is 0 Å². The predicted octanol–water partition coefficient (Wildman–Crippen LogP) is 1.31. The Morgan fingerprint density at radius 3 is 2.38 bits per heavy atom. The SMILES string of the molecule is CC(CS(=O)(=O)c1ccc(N2CCCC2=O)cc1)N1CCOCC1. The Morgan fingerprint density at radius 2 is 1.79 bits per heavy atom. The van der Waals surface area contributed by atoms with Gasteiger partial charge in [-0.3, -0.25) is 9.69 Å². The molecule has 1 atom stereocenters. The van der Waals surface area contributed by atoms with Crippen LogP contribution in [-0.4, -0.2) is 63.9 Å². The number of morpholine rings is 1. The molecule has 0 aromatic heterocycles. The fraction of sp³-hybridized carbons (Fsp3) is 0.588. The van der Waals surface area contributed by atoms with Crippen LogP contribution in [0.15, 0.2) is 29.2 Å². The lowest BCUT2D eigenvalue weighted by Crippen LogP contribution is -2.45. The number of carbonyl (C=O) groups is 1. The van der Waals surface area contributed by atoms with Crippen molar-refractivity contribution in [2.45, 2.75) is 30.7 Å². The summed E-state index contributed by atoms with van der Waals surface area (Å²) < 4.78 is 30.6. The van der Waals surface area contributed by atoms with E-state index in [9.17, 15) is 13.2 Å². The summed E-state index contributed by atoms with van der Waals surface area (Å²) in [6, 6.07) is 6.65. The van der Waals surface area contributed by atoms with Gasteiger partial charge in [-0.05, 0) is 37.6 Å². The molecular weight excluding hydrogens is 328 g/mol. The highest BCUT2D eigenvalue weighted by atomic mass is 32.2. The third-order valence-electron chi connectivity index (χ3n) is 4.71. The number of anilines is 1. The van der Waals surface area contributed by atoms with Crippen molar-refractivity contribution in [3.8, 4) is 0 Å². The molecule has 0 bridgehead atoms. The predicted molar refractivity (Wildman–Crippen MR) is 91.9 cm³/mol. The van der Waals surface area contributed by atoms with E-state index in [1.54, 1.807) is 29.2 Å². The molecule has 2 fully saturated rings. The first-order valence-corrected chi connectivity index (χ1v) is 10.1. The second-order valence-corrected chi connectivity index (χ2v) is 8.46. The average Bonchev–Trinajstić information content (AvgIpc) is 3.01. The van der Waals surface area contributed by atoms with Crippen LogP contribution in [0.4, 0.5) is 5.69 Å². The zero-order valence-electron chi connectivity index (χ0n) is 14.0. The van der Waals surface area contributed by atoms with Crippen molar-refractivity contribution >= 4 is 21.4 Å². The van der Waals surface area contributed by atoms with Gasteiger partial charge in [0.15, 0.2) is 9.84 Å². The Balaban J connectivity index is 1.69. The monoisotopic (exact) mass is 352 g/mol. The van der Waals surface area contributed by atoms with Gasteiger partial charge in [-0.25, -0.2) is 8.42 Å². The third kappa shape index (κ3) is 3.79. The van der Waals surface area contributed by atoms with Gasteiger partial charge in [-0.1, -0.05) is 0 Å². The number of hydrogen-bond donors (Lipinski definition) is 0. The number of rotatable bonds is 5. The summed E-state index contributed by atoms with van der Waals surface area (Å²) in [4.78, 5) is 16.0. The third-order valence-corrected chi connectivity index (χ3v) is 6.62. The summed E-state index contributed by atoms with van der Waals surface area (Å²) in [6.45, 7) is 5.50. The van der Waals surface area contributed by atoms with E-state index in [1.165, 1.54) is 0 Å². The molecule has 6 nitrogen and oxygen atoms in total. The molecule has 2 heterocycles. The molecule has 1 aromatic rings. The van der Waals surface area contributed by atoms with Crippen molar-refractivity contribution in [2.75, 3.05) is 43.5 Å². The number of nitrogens with zero attached hydrogens (tertiary/aromatic N) is 2. The second kappa shape index (κ2) is 7.21. The highest BCUT2D eigenvalue weighted by Crippen LogP contribution is 2.24. The molecule has 1 unspecified atom stereocenters. The first kappa shape index (κ1) is 17.4. The summed E-state index contributed by atoms with van der Waals surface area (Å²) in [7, 11) is -3.35. The Bertz CT molecular complexity index is 681. The largest absolute Gasteiger partial charge is 0.379 e. The maximum Gasteiger partial charge on any atom is 0.227 e. The maximum absolute atomic E-state index is 12.6. The Labute approximate surface area is 143 Å². The van der Waals surface area contributed by atoms with Crippen molar-refractivity contribution in [1.82, 2.24) is 4.90 Å². The first-order valence-electron chi connectivity index (χ1n) is 8.42. The standard InChI is InChI=1S/C17H24N2O4S/c1-14(18-9-11-23-12-10-18)13-24(21,22)16-6-4-15(5-7-16)19-8-2-3-17(19)20/h4-7,14H,2-3,8-13H2,1H3. The lowest BCUT2D eigenvalue weighted by Gasteiger charge is -2.32. The zero-order chi connectivity index (χ0) is 17.2. The van der Waals surface area contributed by atoms with Crippen LogP contribution in [0.1, 0.15) is 19.8 Å². The fourth-order valence-electron chi connectivity index (χ4n) is 3.29. The van der Waals surface area contributed by atoms with Crippen molar-refractivity contribution in [1.29, 1.82) is 0 Å². The van der Waals surface area contributed by atoms with E-state index in [0.29, 0.717) is 31.1 Å². The first-order chi connectivity index (χ1) is 11.5. The number of sulfone groups is 1. The van der Waals surface area contributed by atoms with E-state index < -0.39 is 9.84 Å². The molecule has 1 aromatic carbocycles. The molecule has 7 heteroatoms. The molecule has 0 aliphatic carbocycles. The van der Waals surface area contributed by atoms with E-state index in [2.05, 4.69) is 4.90 Å². The topological polar surface area (TPSA) is 66.9 Å². The summed E-state index contributed by atoms with van der Waals surface area (Å²) in [5.41, 5.74) is 0.776. The van der Waals surface area contributed by atoms with Crippen LogP contribution < -0.4 is 4.90 Å². The van der Waals surface area contributed by atoms with Crippen molar-refractivity contribution in [3.05, 3.63) is 24.3 Å². The lowest BCUT2D eigenvalue weighted by molar-refractivity contribution is -0.117. The molecule has 24 heavy (non-hydrogen) atoms. The minimum Gasteiger partial charge on any atom is -0.379 e. The Hall–Kier alpha value is -1.44. The molecule has 0 radical (unpaired) electrons. The molecule has 2 saturated heterocycles. The van der Waals surface area contributed by atoms with Crippen LogP contribution in [-0.2, 0) is 19.4 Å². The normalized spacial score (nSPS) is 21.2. The molecular formula is C17H24N2O4S. The molecule has 1 amide bonds. The number of ether oxygens (including phenoxy) is 1. The summed E-state index contributed by atoms with van der Waals surface area (Å²) >= 11 is 0. The summed E-state index contributed by atoms with van der Waals surface area (Å²) in [5, 5.41) is 0. The molecule has 3 rings (SSSR count). The minimum absolute atomic E-state index is 0.0428. The second-order valence-electron chi connectivity index (χ2n) is 6.42. The van der Waals surface area contributed by atoms with E-state index >= 15 is 0 Å². The number of hydrogen-bond acceptors (Lipinski definition) is 5. The van der Waals surface area contributed by atoms with Gasteiger partial charge in [0, 0.05) is 37.8 Å². The maximum atomic E-state index is 12.6. The summed E-state index contributed by atoms with van der Waals surface area (Å²) in [6.07, 6.45) is 1.42. The summed E-state index contributed by atoms with van der Waals surface area (Å²) in [5.74, 6) is 0.196. The molecule has 2 aliphatic rings. The Kier molecular flexibility index (Phi) is 5.22. The molecule has 2 aliphatic heterocycles. The van der Waals surface area contributed by atoms with Gasteiger partial charge in [0.1, 0.15) is 0 Å². The van der Waals surface area contributed by atoms with Crippen LogP contribution >= 0.6 is 0 Å². The van der Waals surface area contributed by atoms with Crippen molar-refractivity contribution in [3.63, 3.8) is 0 Å². The number of amides is 1. The smallest absolute Gasteiger partial charge is 0.227 e.